The molecular weight excluding hydrogens is 326 g/mol. The lowest BCUT2D eigenvalue weighted by molar-refractivity contribution is 0.216. The van der Waals surface area contributed by atoms with Gasteiger partial charge in [0.15, 0.2) is 10.8 Å². The van der Waals surface area contributed by atoms with Gasteiger partial charge in [0.25, 0.3) is 0 Å². The predicted molar refractivity (Wildman–Crippen MR) is 91.5 cm³/mol. The lowest BCUT2D eigenvalue weighted by Crippen LogP contribution is -2.38. The third kappa shape index (κ3) is 4.01. The average Bonchev–Trinajstić information content (AvgIpc) is 3.29. The van der Waals surface area contributed by atoms with Crippen LogP contribution >= 0.6 is 11.3 Å². The molecule has 0 radical (unpaired) electrons. The number of rotatable bonds is 6. The number of amides is 2. The Hall–Kier alpha value is -2.64. The molecule has 24 heavy (non-hydrogen) atoms. The Morgan fingerprint density at radius 2 is 2.08 bits per heavy atom. The molecule has 0 spiro atoms. The monoisotopic (exact) mass is 343 g/mol. The number of carbonyl (C=O) groups is 1. The Labute approximate surface area is 143 Å². The van der Waals surface area contributed by atoms with E-state index >= 15 is 0 Å². The average molecular weight is 343 g/mol. The molecule has 0 saturated carbocycles. The second kappa shape index (κ2) is 7.76. The predicted octanol–water partition coefficient (Wildman–Crippen LogP) is 2.94. The van der Waals surface area contributed by atoms with E-state index in [1.54, 1.807) is 12.3 Å². The van der Waals surface area contributed by atoms with Crippen LogP contribution in [0.4, 0.5) is 4.79 Å². The smallest absolute Gasteiger partial charge is 0.315 e. The third-order valence-corrected chi connectivity index (χ3v) is 4.31. The molecule has 3 aromatic rings. The second-order valence-electron chi connectivity index (χ2n) is 5.09. The molecule has 3 rings (SSSR count). The molecule has 6 nitrogen and oxygen atoms in total. The summed E-state index contributed by atoms with van der Waals surface area (Å²) < 4.78 is 5.30. The molecule has 1 aromatic carbocycles. The van der Waals surface area contributed by atoms with Gasteiger partial charge in [-0.15, -0.1) is 11.3 Å². The van der Waals surface area contributed by atoms with E-state index in [1.807, 2.05) is 41.8 Å². The van der Waals surface area contributed by atoms with Crippen LogP contribution in [0.2, 0.25) is 0 Å². The first-order chi connectivity index (χ1) is 11.8. The lowest BCUT2D eigenvalue weighted by atomic mass is 10.1. The van der Waals surface area contributed by atoms with Crippen LogP contribution < -0.4 is 10.6 Å². The van der Waals surface area contributed by atoms with Crippen LogP contribution in [-0.2, 0) is 6.54 Å². The van der Waals surface area contributed by atoms with Crippen molar-refractivity contribution in [2.24, 2.45) is 0 Å². The molecule has 0 aliphatic heterocycles. The first-order valence-corrected chi connectivity index (χ1v) is 8.32. The zero-order valence-corrected chi connectivity index (χ0v) is 13.6. The lowest BCUT2D eigenvalue weighted by Gasteiger charge is -2.16. The fourth-order valence-corrected chi connectivity index (χ4v) is 2.99. The Balaban J connectivity index is 1.54. The van der Waals surface area contributed by atoms with Gasteiger partial charge >= 0.3 is 6.03 Å². The topological polar surface area (TPSA) is 87.4 Å². The molecule has 0 bridgehead atoms. The molecule has 124 valence electrons. The van der Waals surface area contributed by atoms with Crippen LogP contribution in [0.5, 0.6) is 0 Å². The zero-order valence-electron chi connectivity index (χ0n) is 12.8. The summed E-state index contributed by atoms with van der Waals surface area (Å²) in [4.78, 5) is 16.4. The van der Waals surface area contributed by atoms with Crippen molar-refractivity contribution in [3.63, 3.8) is 0 Å². The number of aliphatic hydroxyl groups is 1. The molecule has 2 heterocycles. The first kappa shape index (κ1) is 16.2. The molecule has 0 saturated heterocycles. The molecule has 2 amide bonds. The Kier molecular flexibility index (Phi) is 5.25. The Morgan fingerprint density at radius 3 is 2.79 bits per heavy atom. The summed E-state index contributed by atoms with van der Waals surface area (Å²) in [7, 11) is 0. The Morgan fingerprint density at radius 1 is 1.25 bits per heavy atom. The number of hydrogen-bond donors (Lipinski definition) is 3. The summed E-state index contributed by atoms with van der Waals surface area (Å²) in [6.45, 7) is 0.132. The highest BCUT2D eigenvalue weighted by atomic mass is 32.1. The van der Waals surface area contributed by atoms with E-state index in [2.05, 4.69) is 15.6 Å². The van der Waals surface area contributed by atoms with Gasteiger partial charge in [-0.25, -0.2) is 9.78 Å². The van der Waals surface area contributed by atoms with Crippen molar-refractivity contribution in [3.05, 3.63) is 65.4 Å². The van der Waals surface area contributed by atoms with Crippen LogP contribution in [0.3, 0.4) is 0 Å². The van der Waals surface area contributed by atoms with Crippen LogP contribution in [0, 0.1) is 0 Å². The summed E-state index contributed by atoms with van der Waals surface area (Å²) in [5, 5.41) is 17.6. The van der Waals surface area contributed by atoms with Crippen molar-refractivity contribution in [3.8, 4) is 10.8 Å². The number of urea groups is 1. The van der Waals surface area contributed by atoms with Crippen molar-refractivity contribution in [1.82, 2.24) is 15.6 Å². The molecule has 2 aromatic heterocycles. The molecule has 1 atom stereocenters. The maximum atomic E-state index is 12.0. The second-order valence-corrected chi connectivity index (χ2v) is 5.95. The SMILES string of the molecule is O=C(NCc1csc(-c2ccco2)n1)NC(CO)c1ccccc1. The van der Waals surface area contributed by atoms with Gasteiger partial charge in [0.05, 0.1) is 31.2 Å². The number of benzene rings is 1. The highest BCUT2D eigenvalue weighted by Crippen LogP contribution is 2.23. The normalized spacial score (nSPS) is 11.9. The number of furan rings is 1. The van der Waals surface area contributed by atoms with E-state index in [0.717, 1.165) is 16.3 Å². The summed E-state index contributed by atoms with van der Waals surface area (Å²) in [6, 6.07) is 12.2. The van der Waals surface area contributed by atoms with Gasteiger partial charge in [0, 0.05) is 5.38 Å². The summed E-state index contributed by atoms with van der Waals surface area (Å²) in [5.41, 5.74) is 1.60. The van der Waals surface area contributed by atoms with Gasteiger partial charge in [-0.3, -0.25) is 0 Å². The minimum atomic E-state index is -0.444. The number of hydrogen-bond acceptors (Lipinski definition) is 5. The van der Waals surface area contributed by atoms with E-state index in [9.17, 15) is 9.90 Å². The quantitative estimate of drug-likeness (QED) is 0.642. The minimum absolute atomic E-state index is 0.170. The highest BCUT2D eigenvalue weighted by Gasteiger charge is 2.13. The van der Waals surface area contributed by atoms with Gasteiger partial charge in [-0.2, -0.15) is 0 Å². The van der Waals surface area contributed by atoms with Crippen LogP contribution in [0.15, 0.2) is 58.5 Å². The number of aromatic nitrogens is 1. The largest absolute Gasteiger partial charge is 0.462 e. The molecule has 3 N–H and O–H groups in total. The number of nitrogens with one attached hydrogen (secondary N) is 2. The van der Waals surface area contributed by atoms with Gasteiger partial charge in [0.1, 0.15) is 0 Å². The molecule has 0 fully saturated rings. The fourth-order valence-electron chi connectivity index (χ4n) is 2.20. The first-order valence-electron chi connectivity index (χ1n) is 7.44. The van der Waals surface area contributed by atoms with Gasteiger partial charge in [-0.05, 0) is 17.7 Å². The fraction of sp³-hybridized carbons (Fsp3) is 0.176. The zero-order chi connectivity index (χ0) is 16.8. The standard InChI is InChI=1S/C17H17N3O3S/c21-10-14(12-5-2-1-3-6-12)20-17(22)18-9-13-11-24-16(19-13)15-7-4-8-23-15/h1-8,11,14,21H,9-10H2,(H2,18,20,22). The minimum Gasteiger partial charge on any atom is -0.462 e. The van der Waals surface area contributed by atoms with Crippen LogP contribution in [0.1, 0.15) is 17.3 Å². The number of nitrogens with zero attached hydrogens (tertiary/aromatic N) is 1. The van der Waals surface area contributed by atoms with Crippen molar-refractivity contribution in [1.29, 1.82) is 0 Å². The highest BCUT2D eigenvalue weighted by molar-refractivity contribution is 7.13. The molecule has 0 aliphatic rings. The van der Waals surface area contributed by atoms with E-state index in [-0.39, 0.29) is 12.6 Å². The molecule has 0 aliphatic carbocycles. The molecular formula is C17H17N3O3S. The maximum Gasteiger partial charge on any atom is 0.315 e. The van der Waals surface area contributed by atoms with E-state index in [0.29, 0.717) is 12.3 Å². The maximum absolute atomic E-state index is 12.0. The number of aliphatic hydroxyl groups excluding tert-OH is 1. The summed E-state index contributed by atoms with van der Waals surface area (Å²) in [6.07, 6.45) is 1.60. The third-order valence-electron chi connectivity index (χ3n) is 3.40. The number of thiazole rings is 1. The van der Waals surface area contributed by atoms with Crippen LogP contribution in [-0.4, -0.2) is 22.7 Å². The molecule has 7 heteroatoms. The molecule has 1 unspecified atom stereocenters. The van der Waals surface area contributed by atoms with Crippen molar-refractivity contribution >= 4 is 17.4 Å². The van der Waals surface area contributed by atoms with Gasteiger partial charge in [-0.1, -0.05) is 30.3 Å². The Bertz CT molecular complexity index is 772. The van der Waals surface area contributed by atoms with E-state index < -0.39 is 6.04 Å². The van der Waals surface area contributed by atoms with Crippen LogP contribution in [0.25, 0.3) is 10.8 Å². The van der Waals surface area contributed by atoms with E-state index in [4.69, 9.17) is 4.42 Å². The van der Waals surface area contributed by atoms with Gasteiger partial charge < -0.3 is 20.2 Å². The summed E-state index contributed by atoms with van der Waals surface area (Å²) in [5.74, 6) is 0.708. The van der Waals surface area contributed by atoms with Gasteiger partial charge in [0.2, 0.25) is 0 Å². The van der Waals surface area contributed by atoms with Crippen molar-refractivity contribution < 1.29 is 14.3 Å². The van der Waals surface area contributed by atoms with Crippen molar-refractivity contribution in [2.75, 3.05) is 6.61 Å². The van der Waals surface area contributed by atoms with Crippen molar-refractivity contribution in [2.45, 2.75) is 12.6 Å². The van der Waals surface area contributed by atoms with E-state index in [1.165, 1.54) is 11.3 Å². The number of carbonyl (C=O) groups excluding carboxylic acids is 1. The summed E-state index contributed by atoms with van der Waals surface area (Å²) >= 11 is 1.46.